The van der Waals surface area contributed by atoms with Crippen molar-refractivity contribution in [3.63, 3.8) is 0 Å². The summed E-state index contributed by atoms with van der Waals surface area (Å²) in [6.45, 7) is 4.27. The monoisotopic (exact) mass is 262 g/mol. The molecule has 1 N–H and O–H groups in total. The molecular formula is C14H18N2O3. The van der Waals surface area contributed by atoms with Crippen LogP contribution < -0.4 is 5.32 Å². The molecule has 1 fully saturated rings. The second kappa shape index (κ2) is 5.73. The van der Waals surface area contributed by atoms with Crippen LogP contribution in [0.25, 0.3) is 0 Å². The smallest absolute Gasteiger partial charge is 0.411 e. The van der Waals surface area contributed by atoms with Crippen LogP contribution in [0.1, 0.15) is 19.4 Å². The maximum atomic E-state index is 12.1. The van der Waals surface area contributed by atoms with Gasteiger partial charge in [-0.3, -0.25) is 9.69 Å². The summed E-state index contributed by atoms with van der Waals surface area (Å²) in [5, 5.41) is 2.75. The second-order valence-corrected chi connectivity index (χ2v) is 4.72. The van der Waals surface area contributed by atoms with E-state index in [0.717, 1.165) is 5.56 Å². The number of rotatable bonds is 2. The molecule has 0 aromatic heterocycles. The van der Waals surface area contributed by atoms with E-state index in [9.17, 15) is 9.59 Å². The van der Waals surface area contributed by atoms with Crippen molar-refractivity contribution in [3.05, 3.63) is 35.9 Å². The van der Waals surface area contributed by atoms with Crippen molar-refractivity contribution in [1.29, 1.82) is 0 Å². The average molecular weight is 262 g/mol. The molecule has 2 amide bonds. The van der Waals surface area contributed by atoms with E-state index >= 15 is 0 Å². The van der Waals surface area contributed by atoms with Gasteiger partial charge in [-0.15, -0.1) is 0 Å². The van der Waals surface area contributed by atoms with E-state index in [-0.39, 0.29) is 18.6 Å². The first-order valence-electron chi connectivity index (χ1n) is 6.36. The second-order valence-electron chi connectivity index (χ2n) is 4.72. The van der Waals surface area contributed by atoms with E-state index in [2.05, 4.69) is 5.32 Å². The van der Waals surface area contributed by atoms with Crippen LogP contribution in [0.2, 0.25) is 0 Å². The van der Waals surface area contributed by atoms with Crippen LogP contribution in [0, 0.1) is 0 Å². The van der Waals surface area contributed by atoms with Gasteiger partial charge in [0.2, 0.25) is 5.91 Å². The van der Waals surface area contributed by atoms with Crippen LogP contribution >= 0.6 is 0 Å². The summed E-state index contributed by atoms with van der Waals surface area (Å²) in [6.07, 6.45) is -0.446. The molecule has 5 nitrogen and oxygen atoms in total. The van der Waals surface area contributed by atoms with Crippen molar-refractivity contribution >= 4 is 12.0 Å². The van der Waals surface area contributed by atoms with Crippen LogP contribution in [0.3, 0.4) is 0 Å². The topological polar surface area (TPSA) is 58.6 Å². The number of hydrogen-bond acceptors (Lipinski definition) is 3. The number of nitrogens with one attached hydrogen (secondary N) is 1. The van der Waals surface area contributed by atoms with Gasteiger partial charge in [0.1, 0.15) is 12.6 Å². The number of piperazine rings is 1. The quantitative estimate of drug-likeness (QED) is 0.879. The molecule has 1 aliphatic heterocycles. The lowest BCUT2D eigenvalue weighted by atomic mass is 10.1. The Morgan fingerprint density at radius 3 is 2.74 bits per heavy atom. The molecule has 1 heterocycles. The molecule has 102 valence electrons. The summed E-state index contributed by atoms with van der Waals surface area (Å²) in [5.74, 6) is -0.144. The summed E-state index contributed by atoms with van der Waals surface area (Å²) >= 11 is 0. The summed E-state index contributed by atoms with van der Waals surface area (Å²) < 4.78 is 5.26. The van der Waals surface area contributed by atoms with Crippen LogP contribution in [-0.2, 0) is 16.1 Å². The fraction of sp³-hybridized carbons (Fsp3) is 0.429. The molecule has 0 unspecified atom stereocenters. The third kappa shape index (κ3) is 3.05. The zero-order chi connectivity index (χ0) is 13.8. The first kappa shape index (κ1) is 13.4. The van der Waals surface area contributed by atoms with Crippen molar-refractivity contribution in [2.75, 3.05) is 6.54 Å². The average Bonchev–Trinajstić information content (AvgIpc) is 2.42. The Kier molecular flexibility index (Phi) is 4.04. The van der Waals surface area contributed by atoms with Gasteiger partial charge in [-0.05, 0) is 19.4 Å². The summed E-state index contributed by atoms with van der Waals surface area (Å²) in [7, 11) is 0. The summed E-state index contributed by atoms with van der Waals surface area (Å²) in [5.41, 5.74) is 0.928. The highest BCUT2D eigenvalue weighted by Crippen LogP contribution is 2.13. The highest BCUT2D eigenvalue weighted by molar-refractivity contribution is 5.86. The third-order valence-electron chi connectivity index (χ3n) is 3.26. The van der Waals surface area contributed by atoms with Crippen molar-refractivity contribution < 1.29 is 14.3 Å². The van der Waals surface area contributed by atoms with Crippen molar-refractivity contribution in [2.24, 2.45) is 0 Å². The fourth-order valence-corrected chi connectivity index (χ4v) is 2.13. The van der Waals surface area contributed by atoms with E-state index in [1.54, 1.807) is 6.92 Å². The third-order valence-corrected chi connectivity index (χ3v) is 3.26. The molecule has 19 heavy (non-hydrogen) atoms. The lowest BCUT2D eigenvalue weighted by Crippen LogP contribution is -2.60. The lowest BCUT2D eigenvalue weighted by Gasteiger charge is -2.37. The first-order chi connectivity index (χ1) is 9.09. The standard InChI is InChI=1S/C14H18N2O3/c1-10-8-15-13(17)11(2)16(10)14(18)19-9-12-6-4-3-5-7-12/h3-7,10-11H,8-9H2,1-2H3,(H,15,17)/t10-,11-/m0/s1. The number of carbonyl (C=O) groups is 2. The molecule has 0 saturated carbocycles. The molecular weight excluding hydrogens is 244 g/mol. The lowest BCUT2D eigenvalue weighted by molar-refractivity contribution is -0.129. The maximum absolute atomic E-state index is 12.1. The number of amides is 2. The van der Waals surface area contributed by atoms with Crippen molar-refractivity contribution in [3.8, 4) is 0 Å². The Hall–Kier alpha value is -2.04. The highest BCUT2D eigenvalue weighted by Gasteiger charge is 2.35. The van der Waals surface area contributed by atoms with E-state index in [4.69, 9.17) is 4.74 Å². The zero-order valence-corrected chi connectivity index (χ0v) is 11.1. The molecule has 5 heteroatoms. The molecule has 0 spiro atoms. The Morgan fingerprint density at radius 1 is 1.37 bits per heavy atom. The zero-order valence-electron chi connectivity index (χ0n) is 11.1. The molecule has 1 aliphatic rings. The van der Waals surface area contributed by atoms with Gasteiger partial charge in [-0.1, -0.05) is 30.3 Å². The number of ether oxygens (including phenoxy) is 1. The molecule has 0 radical (unpaired) electrons. The molecule has 1 aromatic rings. The minimum atomic E-state index is -0.493. The van der Waals surface area contributed by atoms with E-state index in [1.165, 1.54) is 4.90 Å². The number of nitrogens with zero attached hydrogens (tertiary/aromatic N) is 1. The molecule has 2 atom stereocenters. The molecule has 1 saturated heterocycles. The first-order valence-corrected chi connectivity index (χ1v) is 6.36. The largest absolute Gasteiger partial charge is 0.445 e. The van der Waals surface area contributed by atoms with Gasteiger partial charge >= 0.3 is 6.09 Å². The number of hydrogen-bond donors (Lipinski definition) is 1. The molecule has 0 aliphatic carbocycles. The normalized spacial score (nSPS) is 22.8. The van der Waals surface area contributed by atoms with Gasteiger partial charge < -0.3 is 10.1 Å². The fourth-order valence-electron chi connectivity index (χ4n) is 2.13. The van der Waals surface area contributed by atoms with Gasteiger partial charge in [0.05, 0.1) is 6.04 Å². The van der Waals surface area contributed by atoms with Crippen LogP contribution in [0.15, 0.2) is 30.3 Å². The van der Waals surface area contributed by atoms with Gasteiger partial charge in [-0.2, -0.15) is 0 Å². The summed E-state index contributed by atoms with van der Waals surface area (Å²) in [4.78, 5) is 25.1. The van der Waals surface area contributed by atoms with Gasteiger partial charge in [0.15, 0.2) is 0 Å². The number of benzene rings is 1. The minimum absolute atomic E-state index is 0.0593. The van der Waals surface area contributed by atoms with Crippen LogP contribution in [-0.4, -0.2) is 35.5 Å². The molecule has 1 aromatic carbocycles. The van der Waals surface area contributed by atoms with E-state index in [0.29, 0.717) is 6.54 Å². The highest BCUT2D eigenvalue weighted by atomic mass is 16.6. The Bertz CT molecular complexity index is 461. The van der Waals surface area contributed by atoms with Gasteiger partial charge in [0, 0.05) is 6.54 Å². The maximum Gasteiger partial charge on any atom is 0.411 e. The predicted octanol–water partition coefficient (Wildman–Crippen LogP) is 1.53. The Labute approximate surface area is 112 Å². The van der Waals surface area contributed by atoms with E-state index in [1.807, 2.05) is 37.3 Å². The van der Waals surface area contributed by atoms with Gasteiger partial charge in [0.25, 0.3) is 0 Å². The minimum Gasteiger partial charge on any atom is -0.445 e. The van der Waals surface area contributed by atoms with Crippen molar-refractivity contribution in [2.45, 2.75) is 32.5 Å². The van der Waals surface area contributed by atoms with E-state index < -0.39 is 12.1 Å². The Balaban J connectivity index is 1.97. The van der Waals surface area contributed by atoms with Crippen LogP contribution in [0.4, 0.5) is 4.79 Å². The predicted molar refractivity (Wildman–Crippen MR) is 70.4 cm³/mol. The SMILES string of the molecule is C[C@H]1CNC(=O)[C@H](C)N1C(=O)OCc1ccccc1. The van der Waals surface area contributed by atoms with Crippen LogP contribution in [0.5, 0.6) is 0 Å². The summed E-state index contributed by atoms with van der Waals surface area (Å²) in [6, 6.07) is 8.92. The van der Waals surface area contributed by atoms with Gasteiger partial charge in [-0.25, -0.2) is 4.79 Å². The molecule has 2 rings (SSSR count). The molecule has 0 bridgehead atoms. The Morgan fingerprint density at radius 2 is 2.05 bits per heavy atom. The van der Waals surface area contributed by atoms with Crippen molar-refractivity contribution in [1.82, 2.24) is 10.2 Å². The number of carbonyl (C=O) groups excluding carboxylic acids is 2.